The highest BCUT2D eigenvalue weighted by Crippen LogP contribution is 2.36. The molecule has 0 unspecified atom stereocenters. The number of halogens is 3. The van der Waals surface area contributed by atoms with E-state index in [2.05, 4.69) is 15.1 Å². The third-order valence-corrected chi connectivity index (χ3v) is 6.87. The molecule has 0 bridgehead atoms. The number of alkyl halides is 3. The van der Waals surface area contributed by atoms with E-state index in [1.165, 1.54) is 15.9 Å². The lowest BCUT2D eigenvalue weighted by Gasteiger charge is -2.35. The van der Waals surface area contributed by atoms with Crippen molar-refractivity contribution < 1.29 is 18.1 Å². The van der Waals surface area contributed by atoms with Gasteiger partial charge in [-0.3, -0.25) is 28.8 Å². The number of anilines is 1. The van der Waals surface area contributed by atoms with Crippen LogP contribution in [0.2, 0.25) is 0 Å². The number of benzene rings is 1. The van der Waals surface area contributed by atoms with Gasteiger partial charge in [-0.25, -0.2) is 0 Å². The fraction of sp³-hybridized carbons (Fsp3) is 0.350. The minimum absolute atomic E-state index is 0.136. The number of fused-ring (bicyclic) bond motifs is 3. The predicted molar refractivity (Wildman–Crippen MR) is 119 cm³/mol. The average Bonchev–Trinajstić information content (AvgIpc) is 3.44. The summed E-state index contributed by atoms with van der Waals surface area (Å²) < 4.78 is 42.9. The van der Waals surface area contributed by atoms with Crippen molar-refractivity contribution in [2.45, 2.75) is 12.7 Å². The van der Waals surface area contributed by atoms with Crippen molar-refractivity contribution in [3.05, 3.63) is 61.5 Å². The van der Waals surface area contributed by atoms with Gasteiger partial charge in [-0.05, 0) is 23.6 Å². The van der Waals surface area contributed by atoms with E-state index < -0.39 is 22.4 Å². The van der Waals surface area contributed by atoms with E-state index in [0.29, 0.717) is 55.1 Å². The summed E-state index contributed by atoms with van der Waals surface area (Å²) in [6.07, 6.45) is -4.65. The molecule has 1 saturated heterocycles. The second-order valence-corrected chi connectivity index (χ2v) is 8.89. The molecular weight excluding hydrogens is 475 g/mol. The first-order valence-electron chi connectivity index (χ1n) is 10.3. The molecule has 34 heavy (non-hydrogen) atoms. The Balaban J connectivity index is 1.37. The number of aryl methyl sites for hydroxylation is 1. The number of nitrogens with zero attached hydrogens (tertiary/aromatic N) is 7. The molecule has 0 atom stereocenters. The Bertz CT molecular complexity index is 1470. The van der Waals surface area contributed by atoms with E-state index in [1.54, 1.807) is 11.9 Å². The molecular formula is C20H18F3N7O3S. The second-order valence-electron chi connectivity index (χ2n) is 7.97. The Morgan fingerprint density at radius 2 is 1.88 bits per heavy atom. The molecule has 4 aromatic rings. The molecule has 3 aromatic heterocycles. The zero-order valence-corrected chi connectivity index (χ0v) is 18.6. The quantitative estimate of drug-likeness (QED) is 0.318. The van der Waals surface area contributed by atoms with Crippen molar-refractivity contribution in [1.29, 1.82) is 0 Å². The first-order valence-corrected chi connectivity index (χ1v) is 11.2. The summed E-state index contributed by atoms with van der Waals surface area (Å²) in [4.78, 5) is 27.0. The van der Waals surface area contributed by atoms with Gasteiger partial charge in [-0.15, -0.1) is 21.5 Å². The summed E-state index contributed by atoms with van der Waals surface area (Å²) in [6, 6.07) is 4.47. The van der Waals surface area contributed by atoms with Gasteiger partial charge in [-0.1, -0.05) is 0 Å². The van der Waals surface area contributed by atoms with Gasteiger partial charge in [0.25, 0.3) is 11.2 Å². The Labute approximate surface area is 193 Å². The Morgan fingerprint density at radius 1 is 1.15 bits per heavy atom. The molecule has 5 rings (SSSR count). The van der Waals surface area contributed by atoms with Crippen molar-refractivity contribution in [3.63, 3.8) is 0 Å². The predicted octanol–water partition coefficient (Wildman–Crippen LogP) is 2.89. The molecule has 1 aromatic carbocycles. The normalized spacial score (nSPS) is 15.5. The van der Waals surface area contributed by atoms with Crippen LogP contribution in [0.3, 0.4) is 0 Å². The van der Waals surface area contributed by atoms with E-state index in [0.717, 1.165) is 17.6 Å². The van der Waals surface area contributed by atoms with Crippen molar-refractivity contribution in [3.8, 4) is 0 Å². The van der Waals surface area contributed by atoms with Gasteiger partial charge in [0.05, 0.1) is 22.5 Å². The van der Waals surface area contributed by atoms with Gasteiger partial charge in [0.1, 0.15) is 10.4 Å². The molecule has 0 N–H and O–H groups in total. The largest absolute Gasteiger partial charge is 0.416 e. The summed E-state index contributed by atoms with van der Waals surface area (Å²) in [5.41, 5.74) is -0.840. The number of rotatable bonds is 4. The number of thiophene rings is 1. The van der Waals surface area contributed by atoms with Crippen molar-refractivity contribution in [1.82, 2.24) is 24.1 Å². The van der Waals surface area contributed by atoms with E-state index in [4.69, 9.17) is 0 Å². The smallest absolute Gasteiger partial charge is 0.363 e. The van der Waals surface area contributed by atoms with Gasteiger partial charge in [0, 0.05) is 39.3 Å². The van der Waals surface area contributed by atoms with Crippen LogP contribution in [0.1, 0.15) is 11.4 Å². The van der Waals surface area contributed by atoms with Crippen LogP contribution >= 0.6 is 11.3 Å². The first-order chi connectivity index (χ1) is 16.1. The zero-order valence-electron chi connectivity index (χ0n) is 17.8. The lowest BCUT2D eigenvalue weighted by molar-refractivity contribution is -0.384. The van der Waals surface area contributed by atoms with E-state index in [9.17, 15) is 28.1 Å². The van der Waals surface area contributed by atoms with Crippen LogP contribution in [0.15, 0.2) is 34.4 Å². The van der Waals surface area contributed by atoms with Crippen LogP contribution in [0.5, 0.6) is 0 Å². The van der Waals surface area contributed by atoms with E-state index in [-0.39, 0.29) is 11.2 Å². The molecule has 0 spiro atoms. The third kappa shape index (κ3) is 3.68. The molecule has 178 valence electrons. The highest BCUT2D eigenvalue weighted by atomic mass is 32.1. The van der Waals surface area contributed by atoms with Gasteiger partial charge in [0.15, 0.2) is 5.82 Å². The molecule has 0 aliphatic carbocycles. The SMILES string of the molecule is Cn1c(=O)c2sccc2n2c(CN3CCN(c4ccc(C(F)(F)F)cc4[N+](=O)[O-])CC3)nnc12. The summed E-state index contributed by atoms with van der Waals surface area (Å²) in [7, 11) is 1.64. The minimum atomic E-state index is -4.65. The molecule has 1 fully saturated rings. The Morgan fingerprint density at radius 3 is 2.56 bits per heavy atom. The average molecular weight is 493 g/mol. The maximum absolute atomic E-state index is 13.0. The maximum atomic E-state index is 13.0. The van der Waals surface area contributed by atoms with Crippen molar-refractivity contribution >= 4 is 38.7 Å². The molecule has 0 saturated carbocycles. The summed E-state index contributed by atoms with van der Waals surface area (Å²) in [5, 5.41) is 21.7. The topological polar surface area (TPSA) is 102 Å². The summed E-state index contributed by atoms with van der Waals surface area (Å²) >= 11 is 1.35. The number of hydrogen-bond donors (Lipinski definition) is 0. The highest BCUT2D eigenvalue weighted by molar-refractivity contribution is 7.17. The van der Waals surface area contributed by atoms with Crippen LogP contribution in [0.25, 0.3) is 16.0 Å². The fourth-order valence-electron chi connectivity index (χ4n) is 4.22. The number of hydrogen-bond acceptors (Lipinski definition) is 8. The summed E-state index contributed by atoms with van der Waals surface area (Å²) in [6.45, 7) is 2.27. The fourth-order valence-corrected chi connectivity index (χ4v) is 5.07. The lowest BCUT2D eigenvalue weighted by atomic mass is 10.1. The highest BCUT2D eigenvalue weighted by Gasteiger charge is 2.34. The molecule has 10 nitrogen and oxygen atoms in total. The van der Waals surface area contributed by atoms with Gasteiger partial charge < -0.3 is 4.90 Å². The van der Waals surface area contributed by atoms with Gasteiger partial charge in [0.2, 0.25) is 5.78 Å². The molecule has 14 heteroatoms. The monoisotopic (exact) mass is 493 g/mol. The molecule has 1 aliphatic rings. The van der Waals surface area contributed by atoms with Crippen LogP contribution in [0.4, 0.5) is 24.5 Å². The standard InChI is InChI=1S/C20H18F3N7O3S/c1-26-18(31)17-14(4-9-34-17)29-16(24-25-19(26)29)11-27-5-7-28(8-6-27)13-3-2-12(20(21,22)23)10-15(13)30(32)33/h2-4,9-10H,5-8,11H2,1H3. The van der Waals surface area contributed by atoms with Crippen LogP contribution in [-0.4, -0.2) is 55.2 Å². The first kappa shape index (κ1) is 22.3. The van der Waals surface area contributed by atoms with Crippen LogP contribution in [-0.2, 0) is 19.8 Å². The Kier molecular flexibility index (Phi) is 5.28. The molecule has 4 heterocycles. The van der Waals surface area contributed by atoms with Gasteiger partial charge in [-0.2, -0.15) is 13.2 Å². The Hall–Kier alpha value is -3.52. The number of nitro groups is 1. The second kappa shape index (κ2) is 8.06. The number of aromatic nitrogens is 4. The minimum Gasteiger partial charge on any atom is -0.363 e. The van der Waals surface area contributed by atoms with E-state index in [1.807, 2.05) is 15.8 Å². The zero-order chi connectivity index (χ0) is 24.2. The summed E-state index contributed by atoms with van der Waals surface area (Å²) in [5.74, 6) is 1.09. The molecule has 0 radical (unpaired) electrons. The van der Waals surface area contributed by atoms with Crippen molar-refractivity contribution in [2.24, 2.45) is 7.05 Å². The number of piperazine rings is 1. The van der Waals surface area contributed by atoms with Crippen LogP contribution in [0, 0.1) is 10.1 Å². The van der Waals surface area contributed by atoms with E-state index >= 15 is 0 Å². The molecule has 1 aliphatic heterocycles. The molecule has 0 amide bonds. The number of nitro benzene ring substituents is 1. The van der Waals surface area contributed by atoms with Gasteiger partial charge >= 0.3 is 6.18 Å². The van der Waals surface area contributed by atoms with Crippen LogP contribution < -0.4 is 10.5 Å². The third-order valence-electron chi connectivity index (χ3n) is 5.97. The van der Waals surface area contributed by atoms with Crippen molar-refractivity contribution in [2.75, 3.05) is 31.1 Å². The lowest BCUT2D eigenvalue weighted by Crippen LogP contribution is -2.46. The maximum Gasteiger partial charge on any atom is 0.416 e.